The average molecular weight is 206 g/mol. The van der Waals surface area contributed by atoms with Crippen LogP contribution in [0.15, 0.2) is 30.3 Å². The summed E-state index contributed by atoms with van der Waals surface area (Å²) in [5, 5.41) is 0. The predicted octanol–water partition coefficient (Wildman–Crippen LogP) is 2.61. The van der Waals surface area contributed by atoms with Crippen LogP contribution in [0, 0.1) is 0 Å². The van der Waals surface area contributed by atoms with Crippen molar-refractivity contribution in [2.75, 3.05) is 13.2 Å². The van der Waals surface area contributed by atoms with Crippen LogP contribution >= 0.6 is 0 Å². The summed E-state index contributed by atoms with van der Waals surface area (Å²) in [6.07, 6.45) is 2.00. The van der Waals surface area contributed by atoms with Gasteiger partial charge in [0.1, 0.15) is 5.78 Å². The van der Waals surface area contributed by atoms with Gasteiger partial charge in [0.05, 0.1) is 6.61 Å². The molecule has 1 rings (SSSR count). The number of ketones is 1. The maximum Gasteiger partial charge on any atom is 0.135 e. The Hall–Kier alpha value is -1.15. The minimum Gasteiger partial charge on any atom is -0.381 e. The molecule has 2 nitrogen and oxygen atoms in total. The number of hydrogen-bond donors (Lipinski definition) is 0. The van der Waals surface area contributed by atoms with Gasteiger partial charge in [0.2, 0.25) is 0 Å². The van der Waals surface area contributed by atoms with Crippen LogP contribution in [-0.4, -0.2) is 19.0 Å². The average Bonchev–Trinajstić information content (AvgIpc) is 2.28. The number of Topliss-reactive ketones (excluding diaryl/α,β-unsaturated/α-hetero) is 1. The van der Waals surface area contributed by atoms with E-state index in [1.54, 1.807) is 0 Å². The van der Waals surface area contributed by atoms with Crippen LogP contribution in [0.25, 0.3) is 0 Å². The normalized spacial score (nSPS) is 10.2. The smallest absolute Gasteiger partial charge is 0.135 e. The first kappa shape index (κ1) is 11.9. The number of hydrogen-bond acceptors (Lipinski definition) is 2. The zero-order chi connectivity index (χ0) is 10.9. The molecule has 0 saturated heterocycles. The fourth-order valence-electron chi connectivity index (χ4n) is 1.38. The number of carbonyl (C=O) groups excluding carboxylic acids is 1. The lowest BCUT2D eigenvalue weighted by Crippen LogP contribution is -2.05. The van der Waals surface area contributed by atoms with Crippen LogP contribution in [0.1, 0.15) is 25.3 Å². The van der Waals surface area contributed by atoms with Crippen LogP contribution < -0.4 is 0 Å². The fourth-order valence-corrected chi connectivity index (χ4v) is 1.38. The molecule has 0 spiro atoms. The highest BCUT2D eigenvalue weighted by Crippen LogP contribution is 2.03. The number of ether oxygens (including phenoxy) is 1. The first-order valence-corrected chi connectivity index (χ1v) is 5.46. The van der Waals surface area contributed by atoms with Crippen molar-refractivity contribution in [3.05, 3.63) is 35.9 Å². The van der Waals surface area contributed by atoms with Gasteiger partial charge in [0, 0.05) is 19.4 Å². The maximum atomic E-state index is 11.4. The summed E-state index contributed by atoms with van der Waals surface area (Å²) >= 11 is 0. The molecule has 0 saturated carbocycles. The predicted molar refractivity (Wildman–Crippen MR) is 60.9 cm³/mol. The van der Waals surface area contributed by atoms with Gasteiger partial charge >= 0.3 is 0 Å². The van der Waals surface area contributed by atoms with Gasteiger partial charge in [0.15, 0.2) is 0 Å². The zero-order valence-corrected chi connectivity index (χ0v) is 9.24. The van der Waals surface area contributed by atoms with E-state index in [1.165, 1.54) is 5.56 Å². The van der Waals surface area contributed by atoms with E-state index in [1.807, 2.05) is 25.1 Å². The summed E-state index contributed by atoms with van der Waals surface area (Å²) in [6.45, 7) is 3.19. The highest BCUT2D eigenvalue weighted by molar-refractivity contribution is 5.78. The number of aryl methyl sites for hydroxylation is 1. The molecule has 0 bridgehead atoms. The van der Waals surface area contributed by atoms with Gasteiger partial charge < -0.3 is 4.74 Å². The molecule has 15 heavy (non-hydrogen) atoms. The molecule has 0 fully saturated rings. The minimum absolute atomic E-state index is 0.285. The van der Waals surface area contributed by atoms with Gasteiger partial charge in [0.25, 0.3) is 0 Å². The molecule has 0 unspecified atom stereocenters. The van der Waals surface area contributed by atoms with Gasteiger partial charge in [-0.25, -0.2) is 0 Å². The number of carbonyl (C=O) groups is 1. The van der Waals surface area contributed by atoms with Crippen LogP contribution in [0.5, 0.6) is 0 Å². The van der Waals surface area contributed by atoms with E-state index in [0.29, 0.717) is 26.1 Å². The summed E-state index contributed by atoms with van der Waals surface area (Å²) < 4.78 is 5.14. The molecule has 1 aromatic rings. The highest BCUT2D eigenvalue weighted by Gasteiger charge is 2.02. The molecule has 82 valence electrons. The largest absolute Gasteiger partial charge is 0.381 e. The van der Waals surface area contributed by atoms with Crippen molar-refractivity contribution in [2.45, 2.75) is 26.2 Å². The second-order valence-electron chi connectivity index (χ2n) is 3.47. The van der Waals surface area contributed by atoms with Crippen LogP contribution in [0.4, 0.5) is 0 Å². The van der Waals surface area contributed by atoms with Crippen molar-refractivity contribution in [3.8, 4) is 0 Å². The van der Waals surface area contributed by atoms with Gasteiger partial charge in [-0.2, -0.15) is 0 Å². The Morgan fingerprint density at radius 2 is 1.93 bits per heavy atom. The highest BCUT2D eigenvalue weighted by atomic mass is 16.5. The fraction of sp³-hybridized carbons (Fsp3) is 0.462. The van der Waals surface area contributed by atoms with Crippen molar-refractivity contribution >= 4 is 5.78 Å². The summed E-state index contributed by atoms with van der Waals surface area (Å²) in [4.78, 5) is 11.4. The molecule has 0 radical (unpaired) electrons. The van der Waals surface area contributed by atoms with Gasteiger partial charge in [-0.05, 0) is 18.9 Å². The summed E-state index contributed by atoms with van der Waals surface area (Å²) in [5.41, 5.74) is 1.22. The third-order valence-electron chi connectivity index (χ3n) is 2.26. The van der Waals surface area contributed by atoms with Crippen LogP contribution in [-0.2, 0) is 16.0 Å². The molecule has 1 aromatic carbocycles. The molecule has 2 heteroatoms. The van der Waals surface area contributed by atoms with Gasteiger partial charge in [-0.1, -0.05) is 30.3 Å². The monoisotopic (exact) mass is 206 g/mol. The summed E-state index contributed by atoms with van der Waals surface area (Å²) in [6, 6.07) is 10.1. The SMILES string of the molecule is CCOCCC(=O)CCc1ccccc1. The molecule has 0 aromatic heterocycles. The second kappa shape index (κ2) is 7.18. The third kappa shape index (κ3) is 5.33. The zero-order valence-electron chi connectivity index (χ0n) is 9.24. The Bertz CT molecular complexity index is 280. The van der Waals surface area contributed by atoms with Crippen molar-refractivity contribution in [1.29, 1.82) is 0 Å². The van der Waals surface area contributed by atoms with Gasteiger partial charge in [-0.3, -0.25) is 4.79 Å². The number of benzene rings is 1. The molecule has 0 heterocycles. The van der Waals surface area contributed by atoms with E-state index in [9.17, 15) is 4.79 Å². The van der Waals surface area contributed by atoms with E-state index in [0.717, 1.165) is 6.42 Å². The van der Waals surface area contributed by atoms with E-state index in [4.69, 9.17) is 4.74 Å². The Kier molecular flexibility index (Phi) is 5.71. The first-order valence-electron chi connectivity index (χ1n) is 5.46. The number of rotatable bonds is 7. The van der Waals surface area contributed by atoms with E-state index >= 15 is 0 Å². The molecular formula is C13H18O2. The molecule has 0 aliphatic rings. The quantitative estimate of drug-likeness (QED) is 0.641. The van der Waals surface area contributed by atoms with E-state index in [-0.39, 0.29) is 5.78 Å². The molecule has 0 atom stereocenters. The van der Waals surface area contributed by atoms with Crippen molar-refractivity contribution in [1.82, 2.24) is 0 Å². The van der Waals surface area contributed by atoms with Gasteiger partial charge in [-0.15, -0.1) is 0 Å². The summed E-state index contributed by atoms with van der Waals surface area (Å²) in [5.74, 6) is 0.285. The molecule has 0 aliphatic heterocycles. The van der Waals surface area contributed by atoms with Crippen LogP contribution in [0.2, 0.25) is 0 Å². The Balaban J connectivity index is 2.17. The lowest BCUT2D eigenvalue weighted by atomic mass is 10.1. The third-order valence-corrected chi connectivity index (χ3v) is 2.26. The topological polar surface area (TPSA) is 26.3 Å². The lowest BCUT2D eigenvalue weighted by molar-refractivity contribution is -0.120. The Morgan fingerprint density at radius 3 is 2.60 bits per heavy atom. The lowest BCUT2D eigenvalue weighted by Gasteiger charge is -2.01. The Morgan fingerprint density at radius 1 is 1.20 bits per heavy atom. The van der Waals surface area contributed by atoms with Crippen LogP contribution in [0.3, 0.4) is 0 Å². The van der Waals surface area contributed by atoms with Crippen molar-refractivity contribution in [3.63, 3.8) is 0 Å². The first-order chi connectivity index (χ1) is 7.33. The van der Waals surface area contributed by atoms with E-state index in [2.05, 4.69) is 12.1 Å². The second-order valence-corrected chi connectivity index (χ2v) is 3.47. The van der Waals surface area contributed by atoms with Crippen molar-refractivity contribution < 1.29 is 9.53 Å². The van der Waals surface area contributed by atoms with E-state index < -0.39 is 0 Å². The molecule has 0 amide bonds. The molecular weight excluding hydrogens is 188 g/mol. The molecule has 0 N–H and O–H groups in total. The minimum atomic E-state index is 0.285. The standard InChI is InChI=1S/C13H18O2/c1-2-15-11-10-13(14)9-8-12-6-4-3-5-7-12/h3-7H,2,8-11H2,1H3. The molecule has 0 aliphatic carbocycles. The Labute approximate surface area is 91.3 Å². The summed E-state index contributed by atoms with van der Waals surface area (Å²) in [7, 11) is 0. The maximum absolute atomic E-state index is 11.4. The van der Waals surface area contributed by atoms with Crippen molar-refractivity contribution in [2.24, 2.45) is 0 Å².